The second-order valence-corrected chi connectivity index (χ2v) is 11.6. The molecule has 1 N–H and O–H groups in total. The Balaban J connectivity index is 1.67. The Labute approximate surface area is 210 Å². The fourth-order valence-electron chi connectivity index (χ4n) is 4.34. The van der Waals surface area contributed by atoms with E-state index in [0.717, 1.165) is 16.9 Å². The fourth-order valence-corrected chi connectivity index (χ4v) is 6.52. The Morgan fingerprint density at radius 3 is 2.56 bits per heavy atom. The van der Waals surface area contributed by atoms with E-state index in [0.29, 0.717) is 18.5 Å². The number of nitriles is 1. The molecule has 0 radical (unpaired) electrons. The normalized spacial score (nSPS) is 19.8. The van der Waals surface area contributed by atoms with Crippen LogP contribution in [0.5, 0.6) is 0 Å². The zero-order valence-corrected chi connectivity index (χ0v) is 20.6. The molecule has 36 heavy (non-hydrogen) atoms. The van der Waals surface area contributed by atoms with Crippen molar-refractivity contribution in [3.63, 3.8) is 0 Å². The smallest absolute Gasteiger partial charge is 0.270 e. The summed E-state index contributed by atoms with van der Waals surface area (Å²) >= 11 is 0. The molecule has 2 aromatic rings. The van der Waals surface area contributed by atoms with Crippen molar-refractivity contribution in [1.82, 2.24) is 0 Å². The van der Waals surface area contributed by atoms with E-state index < -0.39 is 20.0 Å². The molecule has 2 heterocycles. The number of anilines is 1. The summed E-state index contributed by atoms with van der Waals surface area (Å²) in [7, 11) is -7.96. The van der Waals surface area contributed by atoms with Crippen LogP contribution in [-0.4, -0.2) is 33.7 Å². The van der Waals surface area contributed by atoms with Gasteiger partial charge >= 0.3 is 0 Å². The lowest BCUT2D eigenvalue weighted by molar-refractivity contribution is 0.481. The van der Waals surface area contributed by atoms with Crippen molar-refractivity contribution in [3.05, 3.63) is 112 Å². The summed E-state index contributed by atoms with van der Waals surface area (Å²) < 4.78 is 57.6. The van der Waals surface area contributed by atoms with Gasteiger partial charge in [0, 0.05) is 29.9 Å². The Morgan fingerprint density at radius 1 is 1.14 bits per heavy atom. The predicted octanol–water partition coefficient (Wildman–Crippen LogP) is 4.29. The number of fused-ring (bicyclic) bond motifs is 2. The summed E-state index contributed by atoms with van der Waals surface area (Å²) in [4.78, 5) is 5.16. The van der Waals surface area contributed by atoms with Crippen LogP contribution in [-0.2, 0) is 26.4 Å². The van der Waals surface area contributed by atoms with Gasteiger partial charge in [-0.1, -0.05) is 48.6 Å². The second-order valence-electron chi connectivity index (χ2n) is 8.12. The van der Waals surface area contributed by atoms with Crippen LogP contribution < -0.4 is 4.90 Å². The SMILES string of the molecule is [C-]#[N+]/C(C#N)=C1/C(=C/C=C/C=C2\Cc3ccccc3N2CCCS(=O)(=O)O)S(=O)(=O)c2ccccc21. The molecule has 10 heteroatoms. The molecule has 2 aliphatic heterocycles. The van der Waals surface area contributed by atoms with Gasteiger partial charge in [-0.2, -0.15) is 8.42 Å². The Bertz CT molecular complexity index is 1640. The number of allylic oxidation sites excluding steroid dienone is 7. The van der Waals surface area contributed by atoms with E-state index in [4.69, 9.17) is 11.1 Å². The van der Waals surface area contributed by atoms with Crippen LogP contribution in [0, 0.1) is 17.9 Å². The maximum atomic E-state index is 13.1. The van der Waals surface area contributed by atoms with Crippen molar-refractivity contribution in [3.8, 4) is 6.07 Å². The van der Waals surface area contributed by atoms with Crippen LogP contribution in [0.4, 0.5) is 5.69 Å². The van der Waals surface area contributed by atoms with Crippen LogP contribution in [0.1, 0.15) is 17.5 Å². The van der Waals surface area contributed by atoms with Crippen molar-refractivity contribution < 1.29 is 21.4 Å². The third kappa shape index (κ3) is 4.88. The summed E-state index contributed by atoms with van der Waals surface area (Å²) in [5, 5.41) is 9.42. The summed E-state index contributed by atoms with van der Waals surface area (Å²) in [6.07, 6.45) is 7.25. The molecule has 4 rings (SSSR count). The van der Waals surface area contributed by atoms with Crippen molar-refractivity contribution in [1.29, 1.82) is 5.26 Å². The summed E-state index contributed by atoms with van der Waals surface area (Å²) in [5.74, 6) is -0.351. The second kappa shape index (κ2) is 9.96. The highest BCUT2D eigenvalue weighted by molar-refractivity contribution is 7.96. The molecule has 0 fully saturated rings. The first-order chi connectivity index (χ1) is 17.2. The number of para-hydroxylation sites is 1. The van der Waals surface area contributed by atoms with Crippen molar-refractivity contribution >= 4 is 31.2 Å². The van der Waals surface area contributed by atoms with E-state index in [1.807, 2.05) is 35.2 Å². The van der Waals surface area contributed by atoms with Gasteiger partial charge in [0.2, 0.25) is 9.84 Å². The van der Waals surface area contributed by atoms with Gasteiger partial charge in [0.1, 0.15) is 0 Å². The Kier molecular flexibility index (Phi) is 6.95. The van der Waals surface area contributed by atoms with E-state index in [-0.39, 0.29) is 33.2 Å². The first kappa shape index (κ1) is 25.1. The molecule has 0 amide bonds. The first-order valence-corrected chi connectivity index (χ1v) is 14.0. The highest BCUT2D eigenvalue weighted by atomic mass is 32.2. The van der Waals surface area contributed by atoms with Gasteiger partial charge in [-0.15, -0.1) is 0 Å². The molecule has 0 aromatic heterocycles. The monoisotopic (exact) mass is 519 g/mol. The minimum Gasteiger partial charge on any atom is -0.345 e. The Morgan fingerprint density at radius 2 is 1.83 bits per heavy atom. The molecule has 0 spiro atoms. The average molecular weight is 520 g/mol. The van der Waals surface area contributed by atoms with Crippen molar-refractivity contribution in [2.45, 2.75) is 17.7 Å². The van der Waals surface area contributed by atoms with Crippen LogP contribution in [0.25, 0.3) is 10.4 Å². The first-order valence-electron chi connectivity index (χ1n) is 10.9. The molecule has 0 bridgehead atoms. The van der Waals surface area contributed by atoms with Crippen LogP contribution in [0.3, 0.4) is 0 Å². The fraction of sp³-hybridized carbons (Fsp3) is 0.154. The van der Waals surface area contributed by atoms with Crippen LogP contribution >= 0.6 is 0 Å². The predicted molar refractivity (Wildman–Crippen MR) is 137 cm³/mol. The number of sulfone groups is 1. The van der Waals surface area contributed by atoms with E-state index in [2.05, 4.69) is 4.85 Å². The number of rotatable bonds is 6. The maximum Gasteiger partial charge on any atom is 0.270 e. The van der Waals surface area contributed by atoms with Crippen LogP contribution in [0.2, 0.25) is 0 Å². The largest absolute Gasteiger partial charge is 0.345 e. The average Bonchev–Trinajstić information content (AvgIpc) is 3.30. The van der Waals surface area contributed by atoms with E-state index >= 15 is 0 Å². The molecule has 182 valence electrons. The quantitative estimate of drug-likeness (QED) is 0.343. The van der Waals surface area contributed by atoms with Crippen LogP contribution in [0.15, 0.2) is 94.0 Å². The van der Waals surface area contributed by atoms with Crippen molar-refractivity contribution in [2.75, 3.05) is 17.2 Å². The van der Waals surface area contributed by atoms with Gasteiger partial charge in [-0.3, -0.25) is 4.55 Å². The highest BCUT2D eigenvalue weighted by Crippen LogP contribution is 2.44. The summed E-state index contributed by atoms with van der Waals surface area (Å²) in [6.45, 7) is 7.71. The minimum absolute atomic E-state index is 0.0608. The third-order valence-corrected chi connectivity index (χ3v) is 8.53. The molecule has 0 saturated heterocycles. The zero-order valence-electron chi connectivity index (χ0n) is 19.0. The zero-order chi connectivity index (χ0) is 25.9. The lowest BCUT2D eigenvalue weighted by atomic mass is 10.0. The number of benzene rings is 2. The molecule has 2 aliphatic rings. The highest BCUT2D eigenvalue weighted by Gasteiger charge is 2.37. The number of hydrogen-bond acceptors (Lipinski definition) is 6. The van der Waals surface area contributed by atoms with Gasteiger partial charge in [-0.05, 0) is 41.8 Å². The summed E-state index contributed by atoms with van der Waals surface area (Å²) in [5.41, 5.74) is 3.03. The van der Waals surface area contributed by atoms with E-state index in [1.165, 1.54) is 12.1 Å². The molecule has 0 saturated carbocycles. The van der Waals surface area contributed by atoms with Gasteiger partial charge in [-0.25, -0.2) is 18.5 Å². The molecule has 0 aliphatic carbocycles. The number of nitrogens with zero attached hydrogens (tertiary/aromatic N) is 3. The van der Waals surface area contributed by atoms with Gasteiger partial charge in [0.25, 0.3) is 15.8 Å². The standard InChI is InChI=1S/C26H21N3O5S2/c1-28-22(18-27)26-21-11-4-7-13-24(21)36(33,34)25(26)14-6-3-10-20-17-19-9-2-5-12-23(19)29(20)15-8-16-35(30,31)32/h2-7,9-14H,8,15-17H2,(H,30,31,32)/b6-3+,20-10+,25-14-,26-22+. The molecular formula is C26H21N3O5S2. The number of hydrogen-bond donors (Lipinski definition) is 1. The molecule has 2 aromatic carbocycles. The van der Waals surface area contributed by atoms with Gasteiger partial charge in [0.15, 0.2) is 0 Å². The van der Waals surface area contributed by atoms with E-state index in [9.17, 15) is 22.1 Å². The molecule has 8 nitrogen and oxygen atoms in total. The summed E-state index contributed by atoms with van der Waals surface area (Å²) in [6, 6.07) is 15.8. The van der Waals surface area contributed by atoms with Crippen molar-refractivity contribution in [2.24, 2.45) is 0 Å². The Hall–Kier alpha value is -3.96. The molecule has 0 unspecified atom stereocenters. The minimum atomic E-state index is -4.06. The molecular weight excluding hydrogens is 498 g/mol. The lowest BCUT2D eigenvalue weighted by Crippen LogP contribution is -2.22. The topological polar surface area (TPSA) is 120 Å². The third-order valence-electron chi connectivity index (χ3n) is 5.87. The lowest BCUT2D eigenvalue weighted by Gasteiger charge is -2.21. The molecule has 0 atom stereocenters. The maximum absolute atomic E-state index is 13.1. The van der Waals surface area contributed by atoms with Gasteiger partial charge < -0.3 is 4.90 Å². The van der Waals surface area contributed by atoms with E-state index in [1.54, 1.807) is 36.4 Å². The van der Waals surface area contributed by atoms with Gasteiger partial charge in [0.05, 0.1) is 28.2 Å².